The molecule has 3 aromatic rings. The Balaban J connectivity index is 1.65. The molecule has 0 aliphatic heterocycles. The Morgan fingerprint density at radius 2 is 2.14 bits per heavy atom. The smallest absolute Gasteiger partial charge is 0.250 e. The second-order valence-corrected chi connectivity index (χ2v) is 7.57. The van der Waals surface area contributed by atoms with Gasteiger partial charge in [-0.2, -0.15) is 0 Å². The molecule has 0 saturated heterocycles. The van der Waals surface area contributed by atoms with Gasteiger partial charge in [0.2, 0.25) is 5.91 Å². The van der Waals surface area contributed by atoms with Crippen molar-refractivity contribution in [3.8, 4) is 11.4 Å². The summed E-state index contributed by atoms with van der Waals surface area (Å²) in [6, 6.07) is 9.53. The first kappa shape index (κ1) is 15.1. The first-order valence-electron chi connectivity index (χ1n) is 6.32. The fourth-order valence-electron chi connectivity index (χ4n) is 1.69. The second kappa shape index (κ2) is 6.95. The van der Waals surface area contributed by atoms with E-state index in [-0.39, 0.29) is 5.91 Å². The molecule has 0 aliphatic carbocycles. The fourth-order valence-corrected chi connectivity index (χ4v) is 3.72. The maximum Gasteiger partial charge on any atom is 0.250 e. The predicted molar refractivity (Wildman–Crippen MR) is 95.0 cm³/mol. The van der Waals surface area contributed by atoms with Gasteiger partial charge in [0.05, 0.1) is 9.48 Å². The number of anilines is 1. The maximum absolute atomic E-state index is 11.9. The molecule has 3 aromatic heterocycles. The predicted octanol–water partition coefficient (Wildman–Crippen LogP) is 4.68. The van der Waals surface area contributed by atoms with E-state index >= 15 is 0 Å². The number of rotatable bonds is 4. The van der Waals surface area contributed by atoms with Gasteiger partial charge in [-0.3, -0.25) is 15.1 Å². The molecule has 7 heteroatoms. The van der Waals surface area contributed by atoms with Crippen LogP contribution in [0.4, 0.5) is 5.13 Å². The molecular formula is C15H10BrN3OS2. The standard InChI is InChI=1S/C15H10BrN3OS2/c16-13-6-4-10(22-13)5-7-14(20)19-15-18-12(9-21-15)11-3-1-2-8-17-11/h1-9H,(H,18,19,20)/b7-5+. The number of carbonyl (C=O) groups is 1. The van der Waals surface area contributed by atoms with Crippen molar-refractivity contribution in [3.63, 3.8) is 0 Å². The molecule has 22 heavy (non-hydrogen) atoms. The molecule has 0 atom stereocenters. The molecule has 0 saturated carbocycles. The molecular weight excluding hydrogens is 382 g/mol. The highest BCUT2D eigenvalue weighted by molar-refractivity contribution is 9.11. The molecule has 4 nitrogen and oxygen atoms in total. The van der Waals surface area contributed by atoms with E-state index in [2.05, 4.69) is 31.2 Å². The summed E-state index contributed by atoms with van der Waals surface area (Å²) in [5.74, 6) is -0.202. The Bertz CT molecular complexity index is 811. The van der Waals surface area contributed by atoms with Gasteiger partial charge < -0.3 is 0 Å². The van der Waals surface area contributed by atoms with Crippen LogP contribution >= 0.6 is 38.6 Å². The highest BCUT2D eigenvalue weighted by atomic mass is 79.9. The van der Waals surface area contributed by atoms with Crippen LogP contribution in [-0.2, 0) is 4.79 Å². The van der Waals surface area contributed by atoms with Crippen LogP contribution in [-0.4, -0.2) is 15.9 Å². The first-order valence-corrected chi connectivity index (χ1v) is 8.81. The zero-order valence-electron chi connectivity index (χ0n) is 11.2. The Morgan fingerprint density at radius 1 is 1.23 bits per heavy atom. The number of hydrogen-bond acceptors (Lipinski definition) is 5. The highest BCUT2D eigenvalue weighted by Crippen LogP contribution is 2.24. The monoisotopic (exact) mass is 391 g/mol. The van der Waals surface area contributed by atoms with Crippen molar-refractivity contribution < 1.29 is 4.79 Å². The van der Waals surface area contributed by atoms with Crippen molar-refractivity contribution in [2.45, 2.75) is 0 Å². The third-order valence-electron chi connectivity index (χ3n) is 2.65. The third-order valence-corrected chi connectivity index (χ3v) is 5.00. The number of hydrogen-bond donors (Lipinski definition) is 1. The van der Waals surface area contributed by atoms with Crippen LogP contribution in [0.2, 0.25) is 0 Å². The lowest BCUT2D eigenvalue weighted by atomic mass is 10.3. The lowest BCUT2D eigenvalue weighted by Gasteiger charge is -1.96. The van der Waals surface area contributed by atoms with Crippen LogP contribution in [0.15, 0.2) is 51.8 Å². The minimum Gasteiger partial charge on any atom is -0.298 e. The van der Waals surface area contributed by atoms with E-state index in [0.717, 1.165) is 20.1 Å². The van der Waals surface area contributed by atoms with E-state index in [9.17, 15) is 4.79 Å². The molecule has 0 fully saturated rings. The summed E-state index contributed by atoms with van der Waals surface area (Å²) in [6.07, 6.45) is 4.99. The number of thiazole rings is 1. The van der Waals surface area contributed by atoms with Crippen molar-refractivity contribution in [2.24, 2.45) is 0 Å². The van der Waals surface area contributed by atoms with Gasteiger partial charge in [-0.05, 0) is 46.3 Å². The van der Waals surface area contributed by atoms with Gasteiger partial charge in [0.15, 0.2) is 5.13 Å². The van der Waals surface area contributed by atoms with Gasteiger partial charge in [-0.1, -0.05) is 6.07 Å². The molecule has 3 heterocycles. The van der Waals surface area contributed by atoms with E-state index in [1.807, 2.05) is 35.7 Å². The summed E-state index contributed by atoms with van der Waals surface area (Å²) in [4.78, 5) is 21.5. The van der Waals surface area contributed by atoms with Crippen LogP contribution in [0.1, 0.15) is 4.88 Å². The second-order valence-electron chi connectivity index (χ2n) is 4.22. The third kappa shape index (κ3) is 3.88. The Kier molecular flexibility index (Phi) is 4.77. The van der Waals surface area contributed by atoms with E-state index in [4.69, 9.17) is 0 Å². The number of carbonyl (C=O) groups excluding carboxylic acids is 1. The number of aromatic nitrogens is 2. The molecule has 0 aliphatic rings. The quantitative estimate of drug-likeness (QED) is 0.656. The lowest BCUT2D eigenvalue weighted by Crippen LogP contribution is -2.07. The average Bonchev–Trinajstić information content (AvgIpc) is 3.15. The van der Waals surface area contributed by atoms with E-state index in [0.29, 0.717) is 5.13 Å². The van der Waals surface area contributed by atoms with Crippen LogP contribution in [0.3, 0.4) is 0 Å². The van der Waals surface area contributed by atoms with Crippen LogP contribution in [0.5, 0.6) is 0 Å². The van der Waals surface area contributed by atoms with Crippen LogP contribution < -0.4 is 5.32 Å². The van der Waals surface area contributed by atoms with Gasteiger partial charge >= 0.3 is 0 Å². The Labute approximate surface area is 143 Å². The fraction of sp³-hybridized carbons (Fsp3) is 0. The molecule has 0 bridgehead atoms. The summed E-state index contributed by atoms with van der Waals surface area (Å²) < 4.78 is 1.03. The van der Waals surface area contributed by atoms with Crippen molar-refractivity contribution in [1.82, 2.24) is 9.97 Å². The van der Waals surface area contributed by atoms with Gasteiger partial charge in [-0.15, -0.1) is 22.7 Å². The molecule has 0 unspecified atom stereocenters. The minimum absolute atomic E-state index is 0.202. The first-order chi connectivity index (χ1) is 10.7. The Morgan fingerprint density at radius 3 is 2.86 bits per heavy atom. The number of nitrogens with one attached hydrogen (secondary N) is 1. The Hall–Kier alpha value is -1.83. The van der Waals surface area contributed by atoms with Gasteiger partial charge in [0, 0.05) is 22.5 Å². The summed E-state index contributed by atoms with van der Waals surface area (Å²) in [7, 11) is 0. The number of halogens is 1. The summed E-state index contributed by atoms with van der Waals surface area (Å²) >= 11 is 6.33. The van der Waals surface area contributed by atoms with Crippen LogP contribution in [0, 0.1) is 0 Å². The molecule has 0 spiro atoms. The lowest BCUT2D eigenvalue weighted by molar-refractivity contribution is -0.111. The molecule has 3 rings (SSSR count). The average molecular weight is 392 g/mol. The number of pyridine rings is 1. The number of amides is 1. The topological polar surface area (TPSA) is 54.9 Å². The van der Waals surface area contributed by atoms with E-state index < -0.39 is 0 Å². The molecule has 110 valence electrons. The summed E-state index contributed by atoms with van der Waals surface area (Å²) in [5.41, 5.74) is 1.55. The van der Waals surface area contributed by atoms with Gasteiger partial charge in [0.25, 0.3) is 0 Å². The zero-order chi connectivity index (χ0) is 15.4. The molecule has 1 N–H and O–H groups in total. The molecule has 0 aromatic carbocycles. The van der Waals surface area contributed by atoms with Gasteiger partial charge in [0.1, 0.15) is 5.69 Å². The molecule has 0 radical (unpaired) electrons. The molecule has 1 amide bonds. The van der Waals surface area contributed by atoms with Crippen LogP contribution in [0.25, 0.3) is 17.5 Å². The van der Waals surface area contributed by atoms with Crippen molar-refractivity contribution in [3.05, 3.63) is 56.6 Å². The number of thiophene rings is 1. The zero-order valence-corrected chi connectivity index (χ0v) is 14.4. The normalized spacial score (nSPS) is 11.0. The maximum atomic E-state index is 11.9. The van der Waals surface area contributed by atoms with Crippen molar-refractivity contribution in [2.75, 3.05) is 5.32 Å². The largest absolute Gasteiger partial charge is 0.298 e. The van der Waals surface area contributed by atoms with Crippen molar-refractivity contribution in [1.29, 1.82) is 0 Å². The highest BCUT2D eigenvalue weighted by Gasteiger charge is 2.07. The SMILES string of the molecule is O=C(/C=C/c1ccc(Br)s1)Nc1nc(-c2ccccn2)cs1. The van der Waals surface area contributed by atoms with Crippen molar-refractivity contribution >= 4 is 55.7 Å². The number of nitrogens with zero attached hydrogens (tertiary/aromatic N) is 2. The van der Waals surface area contributed by atoms with Gasteiger partial charge in [-0.25, -0.2) is 4.98 Å². The van der Waals surface area contributed by atoms with E-state index in [1.54, 1.807) is 23.6 Å². The van der Waals surface area contributed by atoms with E-state index in [1.165, 1.54) is 17.4 Å². The minimum atomic E-state index is -0.202. The summed E-state index contributed by atoms with van der Waals surface area (Å²) in [6.45, 7) is 0. The summed E-state index contributed by atoms with van der Waals surface area (Å²) in [5, 5.41) is 5.19.